The van der Waals surface area contributed by atoms with Crippen LogP contribution in [0.25, 0.3) is 11.0 Å². The van der Waals surface area contributed by atoms with Crippen LogP contribution < -0.4 is 5.32 Å². The van der Waals surface area contributed by atoms with Crippen molar-refractivity contribution in [2.75, 3.05) is 13.1 Å². The second kappa shape index (κ2) is 6.80. The lowest BCUT2D eigenvalue weighted by Gasteiger charge is -2.43. The van der Waals surface area contributed by atoms with E-state index in [1.807, 2.05) is 36.5 Å². The molecular weight excluding hydrogens is 374 g/mol. The standard InChI is InChI=1S/C21H18ClN5O/c22-15-7-4-8-16-19(15)26-20(25-16)21(28)27-11-14(12-27)18-17(23-9-10-24-18)13-5-2-1-3-6-13/h1-10,14,18,24H,11-12H2,(H,25,26). The summed E-state index contributed by atoms with van der Waals surface area (Å²) in [6.07, 6.45) is 3.64. The Morgan fingerprint density at radius 3 is 2.71 bits per heavy atom. The van der Waals surface area contributed by atoms with E-state index in [4.69, 9.17) is 11.6 Å². The van der Waals surface area contributed by atoms with Crippen LogP contribution in [0, 0.1) is 5.92 Å². The first-order chi connectivity index (χ1) is 13.7. The van der Waals surface area contributed by atoms with Crippen molar-refractivity contribution < 1.29 is 4.79 Å². The number of aromatic amines is 1. The number of H-pyrrole nitrogens is 1. The van der Waals surface area contributed by atoms with E-state index in [2.05, 4.69) is 32.4 Å². The van der Waals surface area contributed by atoms with Crippen molar-refractivity contribution in [2.45, 2.75) is 6.04 Å². The van der Waals surface area contributed by atoms with E-state index in [1.165, 1.54) is 0 Å². The molecule has 2 aliphatic heterocycles. The highest BCUT2D eigenvalue weighted by Crippen LogP contribution is 2.27. The molecule has 28 heavy (non-hydrogen) atoms. The lowest BCUT2D eigenvalue weighted by atomic mass is 9.85. The number of rotatable bonds is 3. The molecule has 1 atom stereocenters. The number of carbonyl (C=O) groups excluding carboxylic acids is 1. The van der Waals surface area contributed by atoms with Crippen molar-refractivity contribution in [1.82, 2.24) is 20.2 Å². The third kappa shape index (κ3) is 2.86. The van der Waals surface area contributed by atoms with Gasteiger partial charge in [-0.25, -0.2) is 4.98 Å². The fourth-order valence-corrected chi connectivity index (χ4v) is 4.00. The molecule has 2 N–H and O–H groups in total. The maximum atomic E-state index is 12.8. The molecular formula is C21H18ClN5O. The van der Waals surface area contributed by atoms with Crippen molar-refractivity contribution in [2.24, 2.45) is 10.9 Å². The van der Waals surface area contributed by atoms with E-state index in [1.54, 1.807) is 17.2 Å². The van der Waals surface area contributed by atoms with Crippen LogP contribution in [0.2, 0.25) is 5.02 Å². The van der Waals surface area contributed by atoms with E-state index >= 15 is 0 Å². The molecule has 5 rings (SSSR count). The molecule has 0 aliphatic carbocycles. The van der Waals surface area contributed by atoms with Gasteiger partial charge in [0.05, 0.1) is 22.3 Å². The van der Waals surface area contributed by atoms with Gasteiger partial charge in [0.1, 0.15) is 5.52 Å². The summed E-state index contributed by atoms with van der Waals surface area (Å²) in [5.41, 5.74) is 3.50. The third-order valence-electron chi connectivity index (χ3n) is 5.26. The number of hydrogen-bond donors (Lipinski definition) is 2. The minimum Gasteiger partial charge on any atom is -0.381 e. The number of amides is 1. The first-order valence-electron chi connectivity index (χ1n) is 9.18. The number of carbonyl (C=O) groups is 1. The Balaban J connectivity index is 1.31. The number of likely N-dealkylation sites (tertiary alicyclic amines) is 1. The number of imidazole rings is 1. The largest absolute Gasteiger partial charge is 0.381 e. The average molecular weight is 392 g/mol. The van der Waals surface area contributed by atoms with Gasteiger partial charge in [0.25, 0.3) is 5.91 Å². The zero-order valence-electron chi connectivity index (χ0n) is 15.0. The van der Waals surface area contributed by atoms with Crippen LogP contribution in [0.15, 0.2) is 65.9 Å². The molecule has 1 amide bonds. The summed E-state index contributed by atoms with van der Waals surface area (Å²) in [4.78, 5) is 26.7. The van der Waals surface area contributed by atoms with Crippen LogP contribution in [0.3, 0.4) is 0 Å². The van der Waals surface area contributed by atoms with Crippen molar-refractivity contribution >= 4 is 34.3 Å². The molecule has 6 nitrogen and oxygen atoms in total. The minimum atomic E-state index is -0.104. The van der Waals surface area contributed by atoms with Crippen molar-refractivity contribution in [3.63, 3.8) is 0 Å². The summed E-state index contributed by atoms with van der Waals surface area (Å²) < 4.78 is 0. The van der Waals surface area contributed by atoms with Gasteiger partial charge in [-0.2, -0.15) is 0 Å². The summed E-state index contributed by atoms with van der Waals surface area (Å²) in [7, 11) is 0. The fourth-order valence-electron chi connectivity index (χ4n) is 3.78. The number of aromatic nitrogens is 2. The number of halogens is 1. The Morgan fingerprint density at radius 1 is 1.11 bits per heavy atom. The number of nitrogens with one attached hydrogen (secondary N) is 2. The van der Waals surface area contributed by atoms with Gasteiger partial charge in [0.2, 0.25) is 0 Å². The molecule has 0 spiro atoms. The molecule has 1 unspecified atom stereocenters. The van der Waals surface area contributed by atoms with E-state index < -0.39 is 0 Å². The molecule has 7 heteroatoms. The van der Waals surface area contributed by atoms with Crippen LogP contribution in [0.5, 0.6) is 0 Å². The van der Waals surface area contributed by atoms with Crippen LogP contribution >= 0.6 is 11.6 Å². The first-order valence-corrected chi connectivity index (χ1v) is 9.56. The van der Waals surface area contributed by atoms with Gasteiger partial charge in [0, 0.05) is 31.4 Å². The molecule has 1 aromatic heterocycles. The SMILES string of the molecule is O=C(c1nc2c(Cl)cccc2[nH]1)N1CC(C2NC=CN=C2c2ccccc2)C1. The van der Waals surface area contributed by atoms with Crippen molar-refractivity contribution in [3.8, 4) is 0 Å². The Hall–Kier alpha value is -3.12. The van der Waals surface area contributed by atoms with Gasteiger partial charge in [-0.05, 0) is 17.7 Å². The Labute approximate surface area is 166 Å². The number of fused-ring (bicyclic) bond motifs is 1. The van der Waals surface area contributed by atoms with Crippen LogP contribution in [-0.4, -0.2) is 45.6 Å². The maximum Gasteiger partial charge on any atom is 0.289 e. The molecule has 140 valence electrons. The molecule has 2 aliphatic rings. The zero-order valence-corrected chi connectivity index (χ0v) is 15.7. The molecule has 0 saturated carbocycles. The normalized spacial score (nSPS) is 19.2. The number of benzene rings is 2. The Morgan fingerprint density at radius 2 is 1.93 bits per heavy atom. The van der Waals surface area contributed by atoms with Gasteiger partial charge in [-0.15, -0.1) is 0 Å². The molecule has 1 fully saturated rings. The third-order valence-corrected chi connectivity index (χ3v) is 5.57. The number of hydrogen-bond acceptors (Lipinski definition) is 4. The van der Waals surface area contributed by atoms with Gasteiger partial charge in [0.15, 0.2) is 5.82 Å². The summed E-state index contributed by atoms with van der Waals surface area (Å²) in [5, 5.41) is 3.95. The molecule has 1 saturated heterocycles. The predicted octanol–water partition coefficient (Wildman–Crippen LogP) is 3.22. The fraction of sp³-hybridized carbons (Fsp3) is 0.190. The molecule has 0 radical (unpaired) electrons. The smallest absolute Gasteiger partial charge is 0.289 e. The first kappa shape index (κ1) is 17.0. The number of nitrogens with zero attached hydrogens (tertiary/aromatic N) is 3. The van der Waals surface area contributed by atoms with E-state index in [-0.39, 0.29) is 11.9 Å². The highest BCUT2D eigenvalue weighted by Gasteiger charge is 2.40. The Bertz CT molecular complexity index is 1100. The average Bonchev–Trinajstić information content (AvgIpc) is 3.14. The summed E-state index contributed by atoms with van der Waals surface area (Å²) >= 11 is 6.17. The van der Waals surface area contributed by atoms with Crippen LogP contribution in [-0.2, 0) is 0 Å². The summed E-state index contributed by atoms with van der Waals surface area (Å²) in [6.45, 7) is 1.31. The monoisotopic (exact) mass is 391 g/mol. The lowest BCUT2D eigenvalue weighted by molar-refractivity contribution is 0.0464. The topological polar surface area (TPSA) is 73.4 Å². The molecule has 0 bridgehead atoms. The summed E-state index contributed by atoms with van der Waals surface area (Å²) in [6, 6.07) is 15.7. The Kier molecular flexibility index (Phi) is 4.13. The van der Waals surface area contributed by atoms with Gasteiger partial charge in [-0.3, -0.25) is 9.79 Å². The zero-order chi connectivity index (χ0) is 19.1. The van der Waals surface area contributed by atoms with Gasteiger partial charge >= 0.3 is 0 Å². The lowest BCUT2D eigenvalue weighted by Crippen LogP contribution is -2.59. The predicted molar refractivity (Wildman–Crippen MR) is 110 cm³/mol. The summed E-state index contributed by atoms with van der Waals surface area (Å²) in [5.74, 6) is 0.517. The molecule has 3 aromatic rings. The highest BCUT2D eigenvalue weighted by atomic mass is 35.5. The van der Waals surface area contributed by atoms with Gasteiger partial charge in [-0.1, -0.05) is 48.0 Å². The second-order valence-corrected chi connectivity index (χ2v) is 7.44. The molecule has 2 aromatic carbocycles. The quantitative estimate of drug-likeness (QED) is 0.720. The second-order valence-electron chi connectivity index (χ2n) is 7.03. The van der Waals surface area contributed by atoms with Crippen LogP contribution in [0.1, 0.15) is 16.2 Å². The molecule has 3 heterocycles. The number of para-hydroxylation sites is 1. The van der Waals surface area contributed by atoms with E-state index in [9.17, 15) is 4.79 Å². The van der Waals surface area contributed by atoms with E-state index in [0.717, 1.165) is 16.8 Å². The van der Waals surface area contributed by atoms with Crippen molar-refractivity contribution in [3.05, 3.63) is 77.3 Å². The van der Waals surface area contributed by atoms with Gasteiger partial charge < -0.3 is 15.2 Å². The van der Waals surface area contributed by atoms with E-state index in [0.29, 0.717) is 35.4 Å². The maximum absolute atomic E-state index is 12.8. The highest BCUT2D eigenvalue weighted by molar-refractivity contribution is 6.35. The van der Waals surface area contributed by atoms with Crippen LogP contribution in [0.4, 0.5) is 0 Å². The number of aliphatic imine (C=N–C) groups is 1. The minimum absolute atomic E-state index is 0.0848. The van der Waals surface area contributed by atoms with Crippen molar-refractivity contribution in [1.29, 1.82) is 0 Å².